The van der Waals surface area contributed by atoms with E-state index in [1.807, 2.05) is 42.5 Å². The van der Waals surface area contributed by atoms with E-state index in [2.05, 4.69) is 33.7 Å². The van der Waals surface area contributed by atoms with Crippen molar-refractivity contribution in [3.63, 3.8) is 0 Å². The number of amides is 1. The molecule has 2 aromatic carbocycles. The molecule has 2 heterocycles. The molecule has 2 N–H and O–H groups in total. The first-order chi connectivity index (χ1) is 13.7. The highest BCUT2D eigenvalue weighted by atomic mass is 16.1. The van der Waals surface area contributed by atoms with Crippen LogP contribution in [0.1, 0.15) is 19.8 Å². The van der Waals surface area contributed by atoms with Gasteiger partial charge < -0.3 is 15.5 Å². The minimum Gasteiger partial charge on any atom is -0.356 e. The number of aromatic nitrogens is 2. The molecule has 0 aliphatic carbocycles. The standard InChI is InChI=1S/C22H23N5O/c1-16(28)23-18-10-7-11-19(14-18)24-22-25-20(17-8-3-2-4-9-17)15-21(26-22)27-12-5-6-13-27/h2-4,7-11,14-15H,5-6,12-13H2,1H3,(H,23,28)(H,24,25,26). The van der Waals surface area contributed by atoms with Gasteiger partial charge in [-0.2, -0.15) is 4.98 Å². The Bertz CT molecular complexity index is 968. The third-order valence-electron chi connectivity index (χ3n) is 4.65. The van der Waals surface area contributed by atoms with E-state index in [0.717, 1.165) is 41.5 Å². The maximum Gasteiger partial charge on any atom is 0.229 e. The van der Waals surface area contributed by atoms with Gasteiger partial charge in [0, 0.05) is 43.0 Å². The lowest BCUT2D eigenvalue weighted by atomic mass is 10.1. The van der Waals surface area contributed by atoms with Gasteiger partial charge >= 0.3 is 0 Å². The molecule has 4 rings (SSSR count). The normalized spacial score (nSPS) is 13.4. The lowest BCUT2D eigenvalue weighted by Crippen LogP contribution is -2.19. The summed E-state index contributed by atoms with van der Waals surface area (Å²) in [5.41, 5.74) is 3.50. The summed E-state index contributed by atoms with van der Waals surface area (Å²) in [4.78, 5) is 23.1. The number of hydrogen-bond acceptors (Lipinski definition) is 5. The van der Waals surface area contributed by atoms with Gasteiger partial charge in [-0.3, -0.25) is 4.79 Å². The third kappa shape index (κ3) is 4.28. The van der Waals surface area contributed by atoms with Crippen LogP contribution in [-0.2, 0) is 4.79 Å². The Balaban J connectivity index is 1.67. The van der Waals surface area contributed by atoms with Gasteiger partial charge in [-0.05, 0) is 31.0 Å². The number of anilines is 4. The average Bonchev–Trinajstić information content (AvgIpc) is 3.23. The van der Waals surface area contributed by atoms with E-state index in [1.54, 1.807) is 0 Å². The summed E-state index contributed by atoms with van der Waals surface area (Å²) < 4.78 is 0. The lowest BCUT2D eigenvalue weighted by Gasteiger charge is -2.18. The number of carbonyl (C=O) groups excluding carboxylic acids is 1. The first-order valence-electron chi connectivity index (χ1n) is 9.51. The van der Waals surface area contributed by atoms with Crippen LogP contribution >= 0.6 is 0 Å². The second-order valence-corrected chi connectivity index (χ2v) is 6.88. The number of nitrogens with one attached hydrogen (secondary N) is 2. The maximum absolute atomic E-state index is 11.3. The summed E-state index contributed by atoms with van der Waals surface area (Å²) in [5, 5.41) is 6.09. The van der Waals surface area contributed by atoms with Crippen molar-refractivity contribution >= 4 is 29.0 Å². The Morgan fingerprint density at radius 3 is 2.43 bits per heavy atom. The summed E-state index contributed by atoms with van der Waals surface area (Å²) in [6.45, 7) is 3.53. The SMILES string of the molecule is CC(=O)Nc1cccc(Nc2nc(-c3ccccc3)cc(N3CCCC3)n2)c1. The Morgan fingerprint density at radius 1 is 0.929 bits per heavy atom. The quantitative estimate of drug-likeness (QED) is 0.692. The highest BCUT2D eigenvalue weighted by Gasteiger charge is 2.16. The van der Waals surface area contributed by atoms with Gasteiger partial charge in [0.1, 0.15) is 5.82 Å². The second kappa shape index (κ2) is 8.08. The van der Waals surface area contributed by atoms with Crippen LogP contribution in [0.25, 0.3) is 11.3 Å². The second-order valence-electron chi connectivity index (χ2n) is 6.88. The molecule has 1 saturated heterocycles. The summed E-state index contributed by atoms with van der Waals surface area (Å²) >= 11 is 0. The van der Waals surface area contributed by atoms with Gasteiger partial charge in [-0.15, -0.1) is 0 Å². The maximum atomic E-state index is 11.3. The molecular weight excluding hydrogens is 350 g/mol. The van der Waals surface area contributed by atoms with Crippen LogP contribution in [0.15, 0.2) is 60.7 Å². The molecule has 1 amide bonds. The Hall–Kier alpha value is -3.41. The van der Waals surface area contributed by atoms with Crippen LogP contribution in [0.3, 0.4) is 0 Å². The molecule has 3 aromatic rings. The third-order valence-corrected chi connectivity index (χ3v) is 4.65. The number of hydrogen-bond donors (Lipinski definition) is 2. The van der Waals surface area contributed by atoms with E-state index in [9.17, 15) is 4.79 Å². The Labute approximate surface area is 164 Å². The van der Waals surface area contributed by atoms with Crippen molar-refractivity contribution < 1.29 is 4.79 Å². The first-order valence-corrected chi connectivity index (χ1v) is 9.51. The number of nitrogens with zero attached hydrogens (tertiary/aromatic N) is 3. The number of benzene rings is 2. The predicted molar refractivity (Wildman–Crippen MR) is 113 cm³/mol. The van der Waals surface area contributed by atoms with Crippen LogP contribution in [0.2, 0.25) is 0 Å². The van der Waals surface area contributed by atoms with Crippen molar-refractivity contribution in [2.24, 2.45) is 0 Å². The smallest absolute Gasteiger partial charge is 0.229 e. The van der Waals surface area contributed by atoms with Crippen LogP contribution in [0.5, 0.6) is 0 Å². The minimum absolute atomic E-state index is 0.101. The van der Waals surface area contributed by atoms with E-state index in [-0.39, 0.29) is 5.91 Å². The highest BCUT2D eigenvalue weighted by Crippen LogP contribution is 2.27. The van der Waals surface area contributed by atoms with Gasteiger partial charge in [0.2, 0.25) is 11.9 Å². The molecule has 1 fully saturated rings. The molecule has 28 heavy (non-hydrogen) atoms. The van der Waals surface area contributed by atoms with Crippen LogP contribution in [-0.4, -0.2) is 29.0 Å². The van der Waals surface area contributed by atoms with Gasteiger partial charge in [0.15, 0.2) is 0 Å². The van der Waals surface area contributed by atoms with E-state index in [4.69, 9.17) is 9.97 Å². The molecule has 0 saturated carbocycles. The molecule has 0 atom stereocenters. The zero-order valence-corrected chi connectivity index (χ0v) is 15.9. The van der Waals surface area contributed by atoms with Gasteiger partial charge in [0.25, 0.3) is 0 Å². The first kappa shape index (κ1) is 18.0. The predicted octanol–water partition coefficient (Wildman–Crippen LogP) is 4.45. The summed E-state index contributed by atoms with van der Waals surface area (Å²) in [7, 11) is 0. The molecule has 6 nitrogen and oxygen atoms in total. The van der Waals surface area contributed by atoms with Gasteiger partial charge in [-0.1, -0.05) is 36.4 Å². The monoisotopic (exact) mass is 373 g/mol. The van der Waals surface area contributed by atoms with E-state index < -0.39 is 0 Å². The fourth-order valence-corrected chi connectivity index (χ4v) is 3.36. The van der Waals surface area contributed by atoms with Crippen LogP contribution < -0.4 is 15.5 Å². The van der Waals surface area contributed by atoms with Crippen LogP contribution in [0, 0.1) is 0 Å². The molecule has 0 spiro atoms. The molecule has 6 heteroatoms. The Morgan fingerprint density at radius 2 is 1.68 bits per heavy atom. The minimum atomic E-state index is -0.101. The Kier molecular flexibility index (Phi) is 5.19. The van der Waals surface area contributed by atoms with Crippen molar-refractivity contribution in [3.8, 4) is 11.3 Å². The van der Waals surface area contributed by atoms with Gasteiger partial charge in [-0.25, -0.2) is 4.98 Å². The van der Waals surface area contributed by atoms with Crippen molar-refractivity contribution in [2.45, 2.75) is 19.8 Å². The lowest BCUT2D eigenvalue weighted by molar-refractivity contribution is -0.114. The van der Waals surface area contributed by atoms with Crippen molar-refractivity contribution in [2.75, 3.05) is 28.6 Å². The fraction of sp³-hybridized carbons (Fsp3) is 0.227. The zero-order chi connectivity index (χ0) is 19.3. The van der Waals surface area contributed by atoms with E-state index in [0.29, 0.717) is 5.95 Å². The largest absolute Gasteiger partial charge is 0.356 e. The molecule has 0 radical (unpaired) electrons. The molecular formula is C22H23N5O. The zero-order valence-electron chi connectivity index (χ0n) is 15.9. The molecule has 1 aromatic heterocycles. The summed E-state index contributed by atoms with van der Waals surface area (Å²) in [5.74, 6) is 1.38. The average molecular weight is 373 g/mol. The van der Waals surface area contributed by atoms with Crippen LogP contribution in [0.4, 0.5) is 23.1 Å². The molecule has 142 valence electrons. The number of carbonyl (C=O) groups is 1. The molecule has 0 bridgehead atoms. The summed E-state index contributed by atoms with van der Waals surface area (Å²) in [6, 6.07) is 19.7. The van der Waals surface area contributed by atoms with Gasteiger partial charge in [0.05, 0.1) is 5.69 Å². The van der Waals surface area contributed by atoms with Crippen molar-refractivity contribution in [3.05, 3.63) is 60.7 Å². The molecule has 1 aliphatic heterocycles. The molecule has 0 unspecified atom stereocenters. The van der Waals surface area contributed by atoms with E-state index >= 15 is 0 Å². The van der Waals surface area contributed by atoms with Crippen molar-refractivity contribution in [1.29, 1.82) is 0 Å². The fourth-order valence-electron chi connectivity index (χ4n) is 3.36. The topological polar surface area (TPSA) is 70.2 Å². The van der Waals surface area contributed by atoms with Crippen molar-refractivity contribution in [1.82, 2.24) is 9.97 Å². The molecule has 1 aliphatic rings. The highest BCUT2D eigenvalue weighted by molar-refractivity contribution is 5.89. The summed E-state index contributed by atoms with van der Waals surface area (Å²) in [6.07, 6.45) is 2.37. The van der Waals surface area contributed by atoms with E-state index in [1.165, 1.54) is 19.8 Å². The number of rotatable bonds is 5.